The summed E-state index contributed by atoms with van der Waals surface area (Å²) in [5, 5.41) is 10.5. The fraction of sp³-hybridized carbons (Fsp3) is 0.586. The van der Waals surface area contributed by atoms with Crippen LogP contribution in [0.3, 0.4) is 0 Å². The quantitative estimate of drug-likeness (QED) is 0.432. The van der Waals surface area contributed by atoms with Crippen molar-refractivity contribution in [2.24, 2.45) is 11.8 Å². The van der Waals surface area contributed by atoms with Gasteiger partial charge in [0.05, 0.1) is 7.11 Å². The van der Waals surface area contributed by atoms with E-state index in [9.17, 15) is 9.59 Å². The van der Waals surface area contributed by atoms with E-state index in [-0.39, 0.29) is 34.6 Å². The maximum absolute atomic E-state index is 13.5. The molecule has 3 aliphatic rings. The number of hydrogen-bond donors (Lipinski definition) is 3. The highest BCUT2D eigenvalue weighted by Crippen LogP contribution is 2.48. The molecule has 1 aromatic heterocycles. The number of carbonyl (C=O) groups excluding carboxylic acids is 2. The van der Waals surface area contributed by atoms with Gasteiger partial charge in [-0.05, 0) is 70.2 Å². The largest absolute Gasteiger partial charge is 0.480 e. The van der Waals surface area contributed by atoms with Crippen LogP contribution in [0.15, 0.2) is 42.5 Å². The van der Waals surface area contributed by atoms with Crippen molar-refractivity contribution in [3.8, 4) is 5.88 Å². The monoisotopic (exact) mass is 520 g/mol. The Kier molecular flexibility index (Phi) is 7.79. The van der Waals surface area contributed by atoms with Gasteiger partial charge in [0.2, 0.25) is 11.7 Å². The highest BCUT2D eigenvalue weighted by atomic mass is 16.5. The average molecular weight is 521 g/mol. The van der Waals surface area contributed by atoms with E-state index in [0.29, 0.717) is 11.8 Å². The van der Waals surface area contributed by atoms with Crippen molar-refractivity contribution in [2.75, 3.05) is 26.5 Å². The molecule has 1 saturated heterocycles. The third-order valence-corrected chi connectivity index (χ3v) is 9.28. The van der Waals surface area contributed by atoms with E-state index >= 15 is 0 Å². The number of rotatable bonds is 9. The standard InChI is InChI=1S/C29H40N6O3/c1-35(2)29(21-10-5-4-6-11-21)16-14-28(15-17-29)19-23(31-34-28)22(18-20-8-7-9-20)26(36)27(37)30-24-12-13-25(38-3)33-32-24/h4-6,10-13,20,22-23,31,34H,7-9,14-19H2,1-3H3,(H,30,32,37)/t22?,23-,28?,29?/m0/s1. The molecule has 204 valence electrons. The number of nitrogens with zero attached hydrogens (tertiary/aromatic N) is 3. The molecule has 1 aromatic carbocycles. The summed E-state index contributed by atoms with van der Waals surface area (Å²) in [7, 11) is 5.85. The Morgan fingerprint density at radius 3 is 2.39 bits per heavy atom. The zero-order chi connectivity index (χ0) is 26.8. The summed E-state index contributed by atoms with van der Waals surface area (Å²) in [6.07, 6.45) is 9.10. The van der Waals surface area contributed by atoms with Crippen LogP contribution in [0.25, 0.3) is 0 Å². The number of methoxy groups -OCH3 is 1. The number of benzene rings is 1. The van der Waals surface area contributed by atoms with Crippen LogP contribution in [0.2, 0.25) is 0 Å². The van der Waals surface area contributed by atoms with Gasteiger partial charge in [0.15, 0.2) is 5.82 Å². The van der Waals surface area contributed by atoms with Crippen molar-refractivity contribution in [1.29, 1.82) is 0 Å². The van der Waals surface area contributed by atoms with E-state index in [4.69, 9.17) is 4.74 Å². The van der Waals surface area contributed by atoms with Crippen LogP contribution < -0.4 is 20.9 Å². The fourth-order valence-corrected chi connectivity index (χ4v) is 6.61. The Bertz CT molecular complexity index is 1110. The summed E-state index contributed by atoms with van der Waals surface area (Å²) >= 11 is 0. The predicted molar refractivity (Wildman–Crippen MR) is 145 cm³/mol. The molecule has 9 nitrogen and oxygen atoms in total. The average Bonchev–Trinajstić information content (AvgIpc) is 3.32. The molecule has 1 spiro atoms. The molecule has 9 heteroatoms. The molecule has 3 fully saturated rings. The van der Waals surface area contributed by atoms with Crippen LogP contribution in [0.4, 0.5) is 5.82 Å². The van der Waals surface area contributed by atoms with E-state index in [1.54, 1.807) is 12.1 Å². The van der Waals surface area contributed by atoms with E-state index in [1.807, 2.05) is 0 Å². The second-order valence-electron chi connectivity index (χ2n) is 11.6. The molecule has 2 aromatic rings. The smallest absolute Gasteiger partial charge is 0.293 e. The lowest BCUT2D eigenvalue weighted by Crippen LogP contribution is -2.53. The number of amides is 1. The number of aromatic nitrogens is 2. The van der Waals surface area contributed by atoms with Gasteiger partial charge >= 0.3 is 0 Å². The Balaban J connectivity index is 1.27. The Morgan fingerprint density at radius 2 is 1.82 bits per heavy atom. The number of nitrogens with one attached hydrogen (secondary N) is 3. The molecular weight excluding hydrogens is 480 g/mol. The molecule has 38 heavy (non-hydrogen) atoms. The molecule has 0 radical (unpaired) electrons. The zero-order valence-corrected chi connectivity index (χ0v) is 22.7. The van der Waals surface area contributed by atoms with E-state index in [0.717, 1.165) is 51.4 Å². The second-order valence-corrected chi connectivity index (χ2v) is 11.6. The van der Waals surface area contributed by atoms with Gasteiger partial charge in [-0.2, -0.15) is 0 Å². The number of ketones is 1. The number of Topliss-reactive ketones (excluding diaryl/α,β-unsaturated/α-hetero) is 1. The third-order valence-electron chi connectivity index (χ3n) is 9.28. The minimum absolute atomic E-state index is 0.00666. The lowest BCUT2D eigenvalue weighted by Gasteiger charge is -2.49. The summed E-state index contributed by atoms with van der Waals surface area (Å²) in [5.41, 5.74) is 8.37. The summed E-state index contributed by atoms with van der Waals surface area (Å²) < 4.78 is 5.02. The highest BCUT2D eigenvalue weighted by Gasteiger charge is 2.50. The lowest BCUT2D eigenvalue weighted by atomic mass is 9.66. The minimum atomic E-state index is -0.629. The summed E-state index contributed by atoms with van der Waals surface area (Å²) in [5.74, 6) is -0.297. The van der Waals surface area contributed by atoms with Gasteiger partial charge in [-0.15, -0.1) is 10.2 Å². The maximum Gasteiger partial charge on any atom is 0.293 e. The van der Waals surface area contributed by atoms with Gasteiger partial charge < -0.3 is 10.1 Å². The highest BCUT2D eigenvalue weighted by molar-refractivity contribution is 6.41. The number of ether oxygens (including phenoxy) is 1. The lowest BCUT2D eigenvalue weighted by molar-refractivity contribution is -0.138. The summed E-state index contributed by atoms with van der Waals surface area (Å²) in [4.78, 5) is 28.9. The molecule has 3 N–H and O–H groups in total. The molecule has 1 aliphatic heterocycles. The molecule has 2 saturated carbocycles. The van der Waals surface area contributed by atoms with Gasteiger partial charge in [0, 0.05) is 29.1 Å². The van der Waals surface area contributed by atoms with E-state index < -0.39 is 5.91 Å². The number of anilines is 1. The van der Waals surface area contributed by atoms with Crippen LogP contribution in [-0.4, -0.2) is 59.6 Å². The Morgan fingerprint density at radius 1 is 1.08 bits per heavy atom. The third kappa shape index (κ3) is 5.32. The first kappa shape index (κ1) is 26.7. The van der Waals surface area contributed by atoms with Crippen LogP contribution in [-0.2, 0) is 15.1 Å². The fourth-order valence-electron chi connectivity index (χ4n) is 6.61. The zero-order valence-electron chi connectivity index (χ0n) is 22.7. The molecule has 2 aliphatic carbocycles. The van der Waals surface area contributed by atoms with E-state index in [1.165, 1.54) is 19.1 Å². The normalized spacial score (nSPS) is 28.2. The first-order valence-electron chi connectivity index (χ1n) is 13.8. The van der Waals surface area contributed by atoms with Crippen LogP contribution >= 0.6 is 0 Å². The van der Waals surface area contributed by atoms with E-state index in [2.05, 4.69) is 75.7 Å². The predicted octanol–water partition coefficient (Wildman–Crippen LogP) is 3.44. The van der Waals surface area contributed by atoms with Crippen LogP contribution in [0.1, 0.15) is 63.4 Å². The van der Waals surface area contributed by atoms with Gasteiger partial charge in [0.25, 0.3) is 5.91 Å². The van der Waals surface area contributed by atoms with Crippen LogP contribution in [0, 0.1) is 11.8 Å². The van der Waals surface area contributed by atoms with Gasteiger partial charge in [0.1, 0.15) is 0 Å². The number of hydrazine groups is 1. The van der Waals surface area contributed by atoms with Crippen molar-refractivity contribution < 1.29 is 14.3 Å². The van der Waals surface area contributed by atoms with Crippen molar-refractivity contribution >= 4 is 17.5 Å². The molecule has 0 bridgehead atoms. The first-order chi connectivity index (χ1) is 18.3. The molecule has 2 atom stereocenters. The number of carbonyl (C=O) groups is 2. The summed E-state index contributed by atoms with van der Waals surface area (Å²) in [6, 6.07) is 13.9. The molecule has 5 rings (SSSR count). The van der Waals surface area contributed by atoms with Crippen LogP contribution in [0.5, 0.6) is 5.88 Å². The summed E-state index contributed by atoms with van der Waals surface area (Å²) in [6.45, 7) is 0. The van der Waals surface area contributed by atoms with Crippen molar-refractivity contribution in [1.82, 2.24) is 25.9 Å². The van der Waals surface area contributed by atoms with Crippen molar-refractivity contribution in [3.05, 3.63) is 48.0 Å². The Labute approximate surface area is 225 Å². The molecular formula is C29H40N6O3. The maximum atomic E-state index is 13.5. The van der Waals surface area contributed by atoms with Crippen molar-refractivity contribution in [2.45, 2.75) is 74.9 Å². The first-order valence-corrected chi connectivity index (χ1v) is 13.8. The number of hydrogen-bond acceptors (Lipinski definition) is 8. The molecule has 1 amide bonds. The SMILES string of the molecule is COc1ccc(NC(=O)C(=O)C(CC2CCC2)[C@@H]2CC3(CCC(c4ccccc4)(N(C)C)CC3)NN2)nn1. The van der Waals surface area contributed by atoms with Crippen molar-refractivity contribution in [3.63, 3.8) is 0 Å². The Hall–Kier alpha value is -2.88. The van der Waals surface area contributed by atoms with Gasteiger partial charge in [-0.25, -0.2) is 0 Å². The minimum Gasteiger partial charge on any atom is -0.480 e. The second kappa shape index (κ2) is 11.1. The van der Waals surface area contributed by atoms with Gasteiger partial charge in [-0.1, -0.05) is 49.6 Å². The molecule has 2 heterocycles. The molecule has 1 unspecified atom stereocenters. The topological polar surface area (TPSA) is 108 Å². The van der Waals surface area contributed by atoms with Gasteiger partial charge in [-0.3, -0.25) is 25.3 Å².